The maximum atomic E-state index is 13.5. The summed E-state index contributed by atoms with van der Waals surface area (Å²) in [6.07, 6.45) is 1.41. The largest absolute Gasteiger partial charge is 0.271 e. The third-order valence-electron chi connectivity index (χ3n) is 5.26. The first-order valence-electron chi connectivity index (χ1n) is 10.2. The minimum atomic E-state index is -4.16. The average Bonchev–Trinajstić information content (AvgIpc) is 3.22. The molecule has 1 heterocycles. The summed E-state index contributed by atoms with van der Waals surface area (Å²) in [5.41, 5.74) is 4.72. The lowest BCUT2D eigenvalue weighted by atomic mass is 10.1. The number of nitrogens with zero attached hydrogens (tertiary/aromatic N) is 3. The van der Waals surface area contributed by atoms with Crippen molar-refractivity contribution in [3.05, 3.63) is 106 Å². The van der Waals surface area contributed by atoms with Crippen LogP contribution in [-0.2, 0) is 10.0 Å². The molecule has 0 atom stereocenters. The van der Waals surface area contributed by atoms with Gasteiger partial charge in [-0.3, -0.25) is 14.9 Å². The number of benzene rings is 3. The fourth-order valence-electron chi connectivity index (χ4n) is 3.52. The standard InChI is InChI=1S/C24H20N4O5S/c1-16-11-12-21-22(17(2)25-26-24(29)18-7-4-3-5-8-18)15-27(23(21)13-16)34(32,33)20-10-6-9-19(14-20)28(30)31/h3-15H,1-2H3,(H,26,29)/b25-17+. The lowest BCUT2D eigenvalue weighted by molar-refractivity contribution is -0.385. The molecule has 0 bridgehead atoms. The maximum Gasteiger partial charge on any atom is 0.271 e. The zero-order chi connectivity index (χ0) is 24.5. The van der Waals surface area contributed by atoms with Crippen LogP contribution in [-0.4, -0.2) is 28.9 Å². The molecule has 10 heteroatoms. The summed E-state index contributed by atoms with van der Waals surface area (Å²) >= 11 is 0. The van der Waals surface area contributed by atoms with Gasteiger partial charge in [0.2, 0.25) is 0 Å². The van der Waals surface area contributed by atoms with Gasteiger partial charge in [-0.15, -0.1) is 0 Å². The number of carbonyl (C=O) groups is 1. The monoisotopic (exact) mass is 476 g/mol. The summed E-state index contributed by atoms with van der Waals surface area (Å²) < 4.78 is 28.0. The van der Waals surface area contributed by atoms with Crippen molar-refractivity contribution in [1.82, 2.24) is 9.40 Å². The minimum absolute atomic E-state index is 0.210. The molecular formula is C24H20N4O5S. The number of rotatable bonds is 6. The molecule has 172 valence electrons. The summed E-state index contributed by atoms with van der Waals surface area (Å²) in [4.78, 5) is 22.6. The number of hydrazone groups is 1. The molecular weight excluding hydrogens is 456 g/mol. The molecule has 0 radical (unpaired) electrons. The zero-order valence-electron chi connectivity index (χ0n) is 18.3. The fraction of sp³-hybridized carbons (Fsp3) is 0.0833. The molecule has 0 aliphatic carbocycles. The zero-order valence-corrected chi connectivity index (χ0v) is 19.1. The smallest absolute Gasteiger partial charge is 0.267 e. The SMILES string of the molecule is C/C(=N\NC(=O)c1ccccc1)c1cn(S(=O)(=O)c2cccc([N+](=O)[O-])c2)c2cc(C)ccc12. The highest BCUT2D eigenvalue weighted by atomic mass is 32.2. The van der Waals surface area contributed by atoms with Crippen LogP contribution < -0.4 is 5.43 Å². The van der Waals surface area contributed by atoms with E-state index < -0.39 is 20.9 Å². The van der Waals surface area contributed by atoms with Gasteiger partial charge < -0.3 is 0 Å². The van der Waals surface area contributed by atoms with Gasteiger partial charge in [-0.25, -0.2) is 17.8 Å². The van der Waals surface area contributed by atoms with Gasteiger partial charge in [0, 0.05) is 34.8 Å². The molecule has 1 aromatic heterocycles. The summed E-state index contributed by atoms with van der Waals surface area (Å²) in [6, 6.07) is 18.8. The number of nitro groups is 1. The average molecular weight is 477 g/mol. The van der Waals surface area contributed by atoms with E-state index in [0.717, 1.165) is 15.6 Å². The highest BCUT2D eigenvalue weighted by Gasteiger charge is 2.24. The maximum absolute atomic E-state index is 13.5. The summed E-state index contributed by atoms with van der Waals surface area (Å²) in [5.74, 6) is -0.399. The molecule has 4 aromatic rings. The first-order valence-corrected chi connectivity index (χ1v) is 11.6. The van der Waals surface area contributed by atoms with Crippen molar-refractivity contribution in [1.29, 1.82) is 0 Å². The van der Waals surface area contributed by atoms with E-state index in [1.54, 1.807) is 49.4 Å². The molecule has 0 saturated heterocycles. The highest BCUT2D eigenvalue weighted by Crippen LogP contribution is 2.28. The van der Waals surface area contributed by atoms with Gasteiger partial charge in [0.1, 0.15) is 0 Å². The van der Waals surface area contributed by atoms with Crippen LogP contribution in [0.1, 0.15) is 28.4 Å². The Balaban J connectivity index is 1.80. The molecule has 0 fully saturated rings. The van der Waals surface area contributed by atoms with E-state index in [9.17, 15) is 23.3 Å². The number of nitrogens with one attached hydrogen (secondary N) is 1. The second-order valence-corrected chi connectivity index (χ2v) is 9.44. The van der Waals surface area contributed by atoms with Crippen LogP contribution in [0.4, 0.5) is 5.69 Å². The molecule has 4 rings (SSSR count). The Labute approximate surface area is 195 Å². The van der Waals surface area contributed by atoms with Gasteiger partial charge in [0.15, 0.2) is 0 Å². The topological polar surface area (TPSA) is 124 Å². The van der Waals surface area contributed by atoms with Crippen LogP contribution >= 0.6 is 0 Å². The van der Waals surface area contributed by atoms with Gasteiger partial charge in [-0.2, -0.15) is 5.10 Å². The Morgan fingerprint density at radius 2 is 1.76 bits per heavy atom. The van der Waals surface area contributed by atoms with Crippen molar-refractivity contribution in [3.63, 3.8) is 0 Å². The molecule has 0 spiro atoms. The quantitative estimate of drug-likeness (QED) is 0.253. The molecule has 0 aliphatic heterocycles. The minimum Gasteiger partial charge on any atom is -0.267 e. The Hall–Kier alpha value is -4.31. The van der Waals surface area contributed by atoms with Gasteiger partial charge in [-0.1, -0.05) is 36.4 Å². The lowest BCUT2D eigenvalue weighted by Gasteiger charge is -2.08. The van der Waals surface area contributed by atoms with Crippen molar-refractivity contribution in [2.75, 3.05) is 0 Å². The number of amides is 1. The van der Waals surface area contributed by atoms with Gasteiger partial charge >= 0.3 is 0 Å². The number of carbonyl (C=O) groups excluding carboxylic acids is 1. The number of hydrogen-bond donors (Lipinski definition) is 1. The van der Waals surface area contributed by atoms with Crippen molar-refractivity contribution >= 4 is 38.2 Å². The Morgan fingerprint density at radius 3 is 2.47 bits per heavy atom. The van der Waals surface area contributed by atoms with E-state index in [-0.39, 0.29) is 10.6 Å². The number of aromatic nitrogens is 1. The number of non-ortho nitro benzene ring substituents is 1. The van der Waals surface area contributed by atoms with E-state index in [1.807, 2.05) is 13.0 Å². The molecule has 0 unspecified atom stereocenters. The second kappa shape index (κ2) is 8.91. The van der Waals surface area contributed by atoms with E-state index in [1.165, 1.54) is 24.4 Å². The van der Waals surface area contributed by atoms with Crippen molar-refractivity contribution in [2.45, 2.75) is 18.7 Å². The van der Waals surface area contributed by atoms with E-state index in [4.69, 9.17) is 0 Å². The number of hydrogen-bond acceptors (Lipinski definition) is 6. The van der Waals surface area contributed by atoms with Crippen molar-refractivity contribution in [2.24, 2.45) is 5.10 Å². The highest BCUT2D eigenvalue weighted by molar-refractivity contribution is 7.90. The third-order valence-corrected chi connectivity index (χ3v) is 6.93. The number of aryl methyl sites for hydroxylation is 1. The van der Waals surface area contributed by atoms with E-state index >= 15 is 0 Å². The summed E-state index contributed by atoms with van der Waals surface area (Å²) in [7, 11) is -4.16. The molecule has 1 N–H and O–H groups in total. The predicted octanol–water partition coefficient (Wildman–Crippen LogP) is 4.25. The first kappa shape index (κ1) is 22.9. The Bertz CT molecular complexity index is 1560. The summed E-state index contributed by atoms with van der Waals surface area (Å²) in [6.45, 7) is 3.49. The van der Waals surface area contributed by atoms with Crippen LogP contribution in [0.5, 0.6) is 0 Å². The fourth-order valence-corrected chi connectivity index (χ4v) is 4.92. The van der Waals surface area contributed by atoms with Crippen LogP contribution in [0.25, 0.3) is 10.9 Å². The van der Waals surface area contributed by atoms with Gasteiger partial charge in [-0.05, 0) is 43.7 Å². The van der Waals surface area contributed by atoms with Gasteiger partial charge in [0.25, 0.3) is 21.6 Å². The first-order chi connectivity index (χ1) is 16.2. The molecule has 0 saturated carbocycles. The van der Waals surface area contributed by atoms with E-state index in [0.29, 0.717) is 27.7 Å². The Morgan fingerprint density at radius 1 is 1.03 bits per heavy atom. The normalized spacial score (nSPS) is 12.0. The molecule has 9 nitrogen and oxygen atoms in total. The summed E-state index contributed by atoms with van der Waals surface area (Å²) in [5, 5.41) is 15.9. The van der Waals surface area contributed by atoms with Crippen LogP contribution in [0.15, 0.2) is 89.0 Å². The Kier molecular flexibility index (Phi) is 5.99. The molecule has 34 heavy (non-hydrogen) atoms. The second-order valence-electron chi connectivity index (χ2n) is 7.62. The molecule has 0 aliphatic rings. The molecule has 3 aromatic carbocycles. The van der Waals surface area contributed by atoms with E-state index in [2.05, 4.69) is 10.5 Å². The lowest BCUT2D eigenvalue weighted by Crippen LogP contribution is -2.19. The number of fused-ring (bicyclic) bond motifs is 1. The van der Waals surface area contributed by atoms with Crippen LogP contribution in [0.2, 0.25) is 0 Å². The predicted molar refractivity (Wildman–Crippen MR) is 128 cm³/mol. The number of nitro benzene ring substituents is 1. The van der Waals surface area contributed by atoms with Crippen molar-refractivity contribution in [3.8, 4) is 0 Å². The van der Waals surface area contributed by atoms with Gasteiger partial charge in [0.05, 0.1) is 21.0 Å². The molecule has 1 amide bonds. The van der Waals surface area contributed by atoms with Crippen molar-refractivity contribution < 1.29 is 18.1 Å². The van der Waals surface area contributed by atoms with Crippen LogP contribution in [0, 0.1) is 17.0 Å². The van der Waals surface area contributed by atoms with Crippen LogP contribution in [0.3, 0.4) is 0 Å². The third kappa shape index (κ3) is 4.30.